The maximum Gasteiger partial charge on any atom is 0.326 e. The van der Waals surface area contributed by atoms with Crippen LogP contribution >= 0.6 is 0 Å². The van der Waals surface area contributed by atoms with Gasteiger partial charge in [0.15, 0.2) is 0 Å². The minimum atomic E-state index is -0.183. The number of fused-ring (bicyclic) bond motifs is 1. The number of imidazole rings is 1. The number of carbonyl (C=O) groups excluding carboxylic acids is 1. The van der Waals surface area contributed by atoms with Gasteiger partial charge in [0.25, 0.3) is 5.91 Å². The van der Waals surface area contributed by atoms with Crippen molar-refractivity contribution in [2.45, 2.75) is 19.9 Å². The molecule has 2 heterocycles. The van der Waals surface area contributed by atoms with E-state index in [9.17, 15) is 9.59 Å². The molecule has 1 N–H and O–H groups in total. The highest BCUT2D eigenvalue weighted by molar-refractivity contribution is 5.97. The van der Waals surface area contributed by atoms with E-state index in [4.69, 9.17) is 9.47 Å². The van der Waals surface area contributed by atoms with Gasteiger partial charge in [0.05, 0.1) is 30.8 Å². The molecular formula is C17H23N3O4. The number of benzene rings is 1. The van der Waals surface area contributed by atoms with Crippen LogP contribution in [0.5, 0.6) is 0 Å². The summed E-state index contributed by atoms with van der Waals surface area (Å²) in [5.74, 6) is -0.0229. The first-order chi connectivity index (χ1) is 11.7. The second-order valence-electron chi connectivity index (χ2n) is 5.77. The standard InChI is InChI=1S/C17H23N3O4/c1-2-23-11-8-20-15-5-4-13(12-14(15)18-17(20)22)16(21)19-6-3-9-24-10-7-19/h4-5,12H,2-3,6-11H2,1H3,(H,18,22). The fourth-order valence-electron chi connectivity index (χ4n) is 2.95. The highest BCUT2D eigenvalue weighted by Gasteiger charge is 2.18. The lowest BCUT2D eigenvalue weighted by Crippen LogP contribution is -2.33. The van der Waals surface area contributed by atoms with Crippen molar-refractivity contribution in [2.24, 2.45) is 0 Å². The van der Waals surface area contributed by atoms with Crippen molar-refractivity contribution in [2.75, 3.05) is 39.5 Å². The summed E-state index contributed by atoms with van der Waals surface area (Å²) in [6.45, 7) is 6.07. The van der Waals surface area contributed by atoms with Gasteiger partial charge in [-0.2, -0.15) is 0 Å². The van der Waals surface area contributed by atoms with E-state index in [2.05, 4.69) is 4.98 Å². The molecule has 0 radical (unpaired) electrons. The van der Waals surface area contributed by atoms with Gasteiger partial charge in [0.2, 0.25) is 0 Å². The largest absolute Gasteiger partial charge is 0.380 e. The Balaban J connectivity index is 1.83. The molecule has 1 saturated heterocycles. The number of aromatic amines is 1. The molecule has 0 atom stereocenters. The molecule has 1 amide bonds. The number of nitrogens with zero attached hydrogens (tertiary/aromatic N) is 2. The molecule has 0 bridgehead atoms. The Morgan fingerprint density at radius 1 is 1.33 bits per heavy atom. The van der Waals surface area contributed by atoms with Crippen LogP contribution in [0.2, 0.25) is 0 Å². The van der Waals surface area contributed by atoms with Gasteiger partial charge < -0.3 is 19.4 Å². The van der Waals surface area contributed by atoms with Crippen LogP contribution < -0.4 is 5.69 Å². The molecule has 0 saturated carbocycles. The topological polar surface area (TPSA) is 76.6 Å². The van der Waals surface area contributed by atoms with Crippen LogP contribution in [0.25, 0.3) is 11.0 Å². The van der Waals surface area contributed by atoms with Crippen molar-refractivity contribution in [3.05, 3.63) is 34.2 Å². The number of ether oxygens (including phenoxy) is 2. The Morgan fingerprint density at radius 2 is 2.21 bits per heavy atom. The second kappa shape index (κ2) is 7.63. The number of rotatable bonds is 5. The van der Waals surface area contributed by atoms with Gasteiger partial charge >= 0.3 is 5.69 Å². The molecular weight excluding hydrogens is 310 g/mol. The molecule has 0 spiro atoms. The third kappa shape index (κ3) is 3.52. The van der Waals surface area contributed by atoms with Gasteiger partial charge in [-0.3, -0.25) is 9.36 Å². The highest BCUT2D eigenvalue weighted by atomic mass is 16.5. The number of amides is 1. The van der Waals surface area contributed by atoms with Gasteiger partial charge in [0.1, 0.15) is 0 Å². The van der Waals surface area contributed by atoms with Crippen molar-refractivity contribution < 1.29 is 14.3 Å². The second-order valence-corrected chi connectivity index (χ2v) is 5.77. The summed E-state index contributed by atoms with van der Waals surface area (Å²) in [6.07, 6.45) is 0.846. The van der Waals surface area contributed by atoms with Crippen LogP contribution in [0, 0.1) is 0 Å². The summed E-state index contributed by atoms with van der Waals surface area (Å²) in [6, 6.07) is 5.35. The van der Waals surface area contributed by atoms with E-state index < -0.39 is 0 Å². The van der Waals surface area contributed by atoms with Crippen molar-refractivity contribution in [3.63, 3.8) is 0 Å². The van der Waals surface area contributed by atoms with Crippen molar-refractivity contribution >= 4 is 16.9 Å². The summed E-state index contributed by atoms with van der Waals surface area (Å²) in [5, 5.41) is 0. The van der Waals surface area contributed by atoms with Crippen LogP contribution in [0.15, 0.2) is 23.0 Å². The zero-order valence-corrected chi connectivity index (χ0v) is 13.9. The normalized spacial score (nSPS) is 15.6. The van der Waals surface area contributed by atoms with E-state index in [-0.39, 0.29) is 11.6 Å². The van der Waals surface area contributed by atoms with Gasteiger partial charge in [-0.05, 0) is 31.5 Å². The highest BCUT2D eigenvalue weighted by Crippen LogP contribution is 2.15. The van der Waals surface area contributed by atoms with Crippen molar-refractivity contribution in [3.8, 4) is 0 Å². The van der Waals surface area contributed by atoms with Gasteiger partial charge in [0, 0.05) is 31.9 Å². The predicted molar refractivity (Wildman–Crippen MR) is 90.4 cm³/mol. The fourth-order valence-corrected chi connectivity index (χ4v) is 2.95. The van der Waals surface area contributed by atoms with E-state index in [1.165, 1.54) is 0 Å². The Labute approximate surface area is 140 Å². The average Bonchev–Trinajstić information content (AvgIpc) is 2.77. The molecule has 7 heteroatoms. The summed E-state index contributed by atoms with van der Waals surface area (Å²) in [5.41, 5.74) is 1.86. The van der Waals surface area contributed by atoms with Gasteiger partial charge in [-0.15, -0.1) is 0 Å². The van der Waals surface area contributed by atoms with E-state index in [1.807, 2.05) is 13.0 Å². The van der Waals surface area contributed by atoms with Crippen molar-refractivity contribution in [1.29, 1.82) is 0 Å². The monoisotopic (exact) mass is 333 g/mol. The first kappa shape index (κ1) is 16.7. The van der Waals surface area contributed by atoms with E-state index in [0.717, 1.165) is 11.9 Å². The first-order valence-electron chi connectivity index (χ1n) is 8.38. The summed E-state index contributed by atoms with van der Waals surface area (Å²) in [4.78, 5) is 29.4. The minimum absolute atomic E-state index is 0.0229. The lowest BCUT2D eigenvalue weighted by Gasteiger charge is -2.19. The zero-order chi connectivity index (χ0) is 16.9. The van der Waals surface area contributed by atoms with E-state index in [0.29, 0.717) is 57.1 Å². The molecule has 1 aromatic carbocycles. The number of aromatic nitrogens is 2. The maximum atomic E-state index is 12.7. The number of carbonyl (C=O) groups is 1. The third-order valence-corrected chi connectivity index (χ3v) is 4.19. The average molecular weight is 333 g/mol. The molecule has 1 aliphatic rings. The van der Waals surface area contributed by atoms with Crippen LogP contribution in [-0.4, -0.2) is 59.9 Å². The Kier molecular flexibility index (Phi) is 5.32. The van der Waals surface area contributed by atoms with Crippen LogP contribution in [0.3, 0.4) is 0 Å². The smallest absolute Gasteiger partial charge is 0.326 e. The molecule has 1 fully saturated rings. The number of hydrogen-bond donors (Lipinski definition) is 1. The molecule has 0 unspecified atom stereocenters. The van der Waals surface area contributed by atoms with Gasteiger partial charge in [-0.25, -0.2) is 4.79 Å². The molecule has 3 rings (SSSR count). The van der Waals surface area contributed by atoms with E-state index in [1.54, 1.807) is 21.6 Å². The zero-order valence-electron chi connectivity index (χ0n) is 13.9. The predicted octanol–water partition coefficient (Wildman–Crippen LogP) is 1.23. The fraction of sp³-hybridized carbons (Fsp3) is 0.529. The van der Waals surface area contributed by atoms with Crippen molar-refractivity contribution in [1.82, 2.24) is 14.5 Å². The van der Waals surface area contributed by atoms with E-state index >= 15 is 0 Å². The third-order valence-electron chi connectivity index (χ3n) is 4.19. The quantitative estimate of drug-likeness (QED) is 0.835. The Bertz CT molecular complexity index is 757. The Morgan fingerprint density at radius 3 is 3.04 bits per heavy atom. The van der Waals surface area contributed by atoms with Crippen LogP contribution in [0.4, 0.5) is 0 Å². The molecule has 7 nitrogen and oxygen atoms in total. The lowest BCUT2D eigenvalue weighted by molar-refractivity contribution is 0.0741. The minimum Gasteiger partial charge on any atom is -0.380 e. The van der Waals surface area contributed by atoms with Crippen LogP contribution in [-0.2, 0) is 16.0 Å². The molecule has 1 aromatic heterocycles. The Hall–Kier alpha value is -2.12. The SMILES string of the molecule is CCOCCn1c(=O)[nH]c2cc(C(=O)N3CCCOCC3)ccc21. The molecule has 24 heavy (non-hydrogen) atoms. The molecule has 130 valence electrons. The van der Waals surface area contributed by atoms with Gasteiger partial charge in [-0.1, -0.05) is 0 Å². The summed E-state index contributed by atoms with van der Waals surface area (Å²) >= 11 is 0. The first-order valence-corrected chi connectivity index (χ1v) is 8.38. The lowest BCUT2D eigenvalue weighted by atomic mass is 10.1. The molecule has 0 aliphatic carbocycles. The maximum absolute atomic E-state index is 12.7. The molecule has 2 aromatic rings. The summed E-state index contributed by atoms with van der Waals surface area (Å²) in [7, 11) is 0. The summed E-state index contributed by atoms with van der Waals surface area (Å²) < 4.78 is 12.3. The molecule has 1 aliphatic heterocycles. The van der Waals surface area contributed by atoms with Crippen LogP contribution in [0.1, 0.15) is 23.7 Å². The number of H-pyrrole nitrogens is 1. The number of nitrogens with one attached hydrogen (secondary N) is 1. The number of hydrogen-bond acceptors (Lipinski definition) is 4.